The van der Waals surface area contributed by atoms with Crippen LogP contribution in [-0.4, -0.2) is 5.71 Å². The van der Waals surface area contributed by atoms with Gasteiger partial charge >= 0.3 is 0 Å². The molecule has 4 fully saturated rings. The van der Waals surface area contributed by atoms with E-state index in [2.05, 4.69) is 33.4 Å². The molecule has 1 nitrogen and oxygen atoms in total. The first-order valence-electron chi connectivity index (χ1n) is 9.86. The average Bonchev–Trinajstić information content (AvgIpc) is 2.76. The van der Waals surface area contributed by atoms with Crippen LogP contribution in [0, 0.1) is 39.4 Å². The Morgan fingerprint density at radius 1 is 1.26 bits per heavy atom. The van der Waals surface area contributed by atoms with Gasteiger partial charge in [0.15, 0.2) is 0 Å². The molecule has 0 aromatic rings. The van der Waals surface area contributed by atoms with Crippen molar-refractivity contribution in [2.24, 2.45) is 34.0 Å². The highest BCUT2D eigenvalue weighted by atomic mass is 14.9. The van der Waals surface area contributed by atoms with Crippen LogP contribution in [0.25, 0.3) is 0 Å². The van der Waals surface area contributed by atoms with Crippen molar-refractivity contribution in [1.82, 2.24) is 0 Å². The molecule has 126 valence electrons. The molecular weight excluding hydrogens is 278 g/mol. The molecule has 23 heavy (non-hydrogen) atoms. The van der Waals surface area contributed by atoms with Gasteiger partial charge in [0.1, 0.15) is 0 Å². The van der Waals surface area contributed by atoms with Crippen LogP contribution >= 0.6 is 0 Å². The highest BCUT2D eigenvalue weighted by molar-refractivity contribution is 5.82. The number of allylic oxidation sites excluding steroid dienone is 3. The predicted molar refractivity (Wildman–Crippen MR) is 97.7 cm³/mol. The maximum atomic E-state index is 8.32. The Labute approximate surface area is 142 Å². The quantitative estimate of drug-likeness (QED) is 0.601. The summed E-state index contributed by atoms with van der Waals surface area (Å²) < 4.78 is 0. The Kier molecular flexibility index (Phi) is 3.29. The molecule has 4 aliphatic carbocycles. The fourth-order valence-corrected chi connectivity index (χ4v) is 8.37. The molecule has 0 amide bonds. The maximum absolute atomic E-state index is 8.32. The van der Waals surface area contributed by atoms with Crippen molar-refractivity contribution in [3.05, 3.63) is 24.3 Å². The molecule has 6 atom stereocenters. The molecule has 0 aromatic carbocycles. The molecule has 1 heteroatoms. The normalized spacial score (nSPS) is 52.0. The second kappa shape index (κ2) is 4.83. The summed E-state index contributed by atoms with van der Waals surface area (Å²) in [7, 11) is 0. The van der Waals surface area contributed by atoms with Gasteiger partial charge in [-0.2, -0.15) is 0 Å². The van der Waals surface area contributed by atoms with Crippen LogP contribution in [0.4, 0.5) is 0 Å². The van der Waals surface area contributed by atoms with Crippen LogP contribution < -0.4 is 0 Å². The topological polar surface area (TPSA) is 23.9 Å². The van der Waals surface area contributed by atoms with Crippen LogP contribution in [0.2, 0.25) is 0 Å². The molecule has 4 aliphatic rings. The highest BCUT2D eigenvalue weighted by Gasteiger charge is 2.84. The summed E-state index contributed by atoms with van der Waals surface area (Å²) in [5.41, 5.74) is 4.20. The Bertz CT molecular complexity index is 587. The van der Waals surface area contributed by atoms with Gasteiger partial charge in [0.25, 0.3) is 0 Å². The molecular formula is C22H33N. The third-order valence-corrected chi connectivity index (χ3v) is 8.76. The lowest BCUT2D eigenvalue weighted by molar-refractivity contribution is 0.0524. The van der Waals surface area contributed by atoms with Crippen molar-refractivity contribution in [3.8, 4) is 0 Å². The smallest absolute Gasteiger partial charge is 0.00946 e. The van der Waals surface area contributed by atoms with E-state index >= 15 is 0 Å². The van der Waals surface area contributed by atoms with E-state index < -0.39 is 0 Å². The molecule has 0 aliphatic heterocycles. The van der Waals surface area contributed by atoms with E-state index in [-0.39, 0.29) is 0 Å². The fraction of sp³-hybridized carbons (Fsp3) is 0.773. The van der Waals surface area contributed by atoms with Gasteiger partial charge in [-0.3, -0.25) is 0 Å². The molecule has 0 saturated heterocycles. The first-order valence-corrected chi connectivity index (χ1v) is 9.86. The third-order valence-electron chi connectivity index (χ3n) is 8.76. The van der Waals surface area contributed by atoms with Gasteiger partial charge in [0.2, 0.25) is 0 Å². The van der Waals surface area contributed by atoms with E-state index in [0.29, 0.717) is 22.2 Å². The minimum absolute atomic E-state index is 0.404. The van der Waals surface area contributed by atoms with E-state index in [1.807, 2.05) is 6.08 Å². The lowest BCUT2D eigenvalue weighted by Gasteiger charge is -2.45. The Hall–Kier alpha value is -0.850. The number of nitrogens with one attached hydrogen (secondary N) is 1. The van der Waals surface area contributed by atoms with E-state index in [1.165, 1.54) is 51.4 Å². The van der Waals surface area contributed by atoms with E-state index in [4.69, 9.17) is 5.41 Å². The standard InChI is InChI=1S/C22H33N/c1-5-7-16-10-14-22-18-9-8-17(15(3)23)20(18,4)13-11-19(22)21(16,22)12-6-2/h5,7,17-19,23H,1,6,8-14H2,2-4H3/b16-7-,23-15?. The van der Waals surface area contributed by atoms with Crippen LogP contribution in [0.5, 0.6) is 0 Å². The Morgan fingerprint density at radius 3 is 2.70 bits per heavy atom. The molecule has 1 N–H and O–H groups in total. The highest BCUT2D eigenvalue weighted by Crippen LogP contribution is 2.90. The summed E-state index contributed by atoms with van der Waals surface area (Å²) in [5, 5.41) is 8.32. The van der Waals surface area contributed by atoms with Gasteiger partial charge in [-0.15, -0.1) is 0 Å². The molecule has 0 heterocycles. The van der Waals surface area contributed by atoms with Crippen LogP contribution in [0.15, 0.2) is 24.3 Å². The summed E-state index contributed by atoms with van der Waals surface area (Å²) >= 11 is 0. The van der Waals surface area contributed by atoms with E-state index in [1.54, 1.807) is 5.57 Å². The zero-order chi connectivity index (χ0) is 16.5. The molecule has 4 saturated carbocycles. The van der Waals surface area contributed by atoms with Crippen LogP contribution in [-0.2, 0) is 0 Å². The maximum Gasteiger partial charge on any atom is 0.00946 e. The Balaban J connectivity index is 1.78. The number of fused-ring (bicyclic) bond motifs is 2. The molecule has 0 radical (unpaired) electrons. The van der Waals surface area contributed by atoms with Crippen molar-refractivity contribution >= 4 is 5.71 Å². The number of rotatable bonds is 4. The lowest BCUT2D eigenvalue weighted by atomic mass is 9.59. The first-order chi connectivity index (χ1) is 11.0. The SMILES string of the molecule is C=C/C=C1/CCC23C4CCC(C(C)=N)C4(C)CCC2C13CCC. The molecule has 1 spiro atoms. The second-order valence-corrected chi connectivity index (χ2v) is 9.15. The number of hydrogen-bond donors (Lipinski definition) is 1. The summed E-state index contributed by atoms with van der Waals surface area (Å²) in [5.74, 6) is 2.36. The van der Waals surface area contributed by atoms with Gasteiger partial charge in [-0.1, -0.05) is 44.6 Å². The zero-order valence-electron chi connectivity index (χ0n) is 15.3. The van der Waals surface area contributed by atoms with E-state index in [0.717, 1.165) is 17.5 Å². The summed E-state index contributed by atoms with van der Waals surface area (Å²) in [6, 6.07) is 0. The minimum atomic E-state index is 0.404. The van der Waals surface area contributed by atoms with Crippen molar-refractivity contribution in [2.75, 3.05) is 0 Å². The third kappa shape index (κ3) is 1.58. The lowest BCUT2D eigenvalue weighted by Crippen LogP contribution is -2.40. The van der Waals surface area contributed by atoms with Crippen molar-refractivity contribution in [3.63, 3.8) is 0 Å². The summed E-state index contributed by atoms with van der Waals surface area (Å²) in [6.07, 6.45) is 15.2. The summed E-state index contributed by atoms with van der Waals surface area (Å²) in [6.45, 7) is 11.0. The molecule has 6 unspecified atom stereocenters. The van der Waals surface area contributed by atoms with Crippen molar-refractivity contribution in [2.45, 2.75) is 72.1 Å². The molecule has 0 aromatic heterocycles. The van der Waals surface area contributed by atoms with Gasteiger partial charge in [0, 0.05) is 17.0 Å². The monoisotopic (exact) mass is 311 g/mol. The average molecular weight is 312 g/mol. The van der Waals surface area contributed by atoms with Gasteiger partial charge in [0.05, 0.1) is 0 Å². The van der Waals surface area contributed by atoms with Gasteiger partial charge < -0.3 is 5.41 Å². The molecule has 4 rings (SSSR count). The zero-order valence-corrected chi connectivity index (χ0v) is 15.3. The minimum Gasteiger partial charge on any atom is -0.310 e. The Morgan fingerprint density at radius 2 is 2.04 bits per heavy atom. The predicted octanol–water partition coefficient (Wildman–Crippen LogP) is 6.16. The van der Waals surface area contributed by atoms with Gasteiger partial charge in [-0.05, 0) is 74.5 Å². The fourth-order valence-electron chi connectivity index (χ4n) is 8.37. The largest absolute Gasteiger partial charge is 0.310 e. The molecule has 0 bridgehead atoms. The van der Waals surface area contributed by atoms with Gasteiger partial charge in [-0.25, -0.2) is 0 Å². The van der Waals surface area contributed by atoms with Crippen LogP contribution in [0.1, 0.15) is 72.1 Å². The van der Waals surface area contributed by atoms with Crippen molar-refractivity contribution in [1.29, 1.82) is 5.41 Å². The second-order valence-electron chi connectivity index (χ2n) is 9.15. The number of hydrogen-bond acceptors (Lipinski definition) is 1. The first kappa shape index (κ1) is 15.7. The van der Waals surface area contributed by atoms with E-state index in [9.17, 15) is 0 Å². The van der Waals surface area contributed by atoms with Crippen molar-refractivity contribution < 1.29 is 0 Å². The summed E-state index contributed by atoms with van der Waals surface area (Å²) in [4.78, 5) is 0. The van der Waals surface area contributed by atoms with Crippen LogP contribution in [0.3, 0.4) is 0 Å².